The van der Waals surface area contributed by atoms with Crippen molar-refractivity contribution in [3.63, 3.8) is 0 Å². The fourth-order valence-corrected chi connectivity index (χ4v) is 2.45. The average molecular weight is 402 g/mol. The van der Waals surface area contributed by atoms with Crippen molar-refractivity contribution in [3.8, 4) is 0 Å². The summed E-state index contributed by atoms with van der Waals surface area (Å²) in [5.74, 6) is -0.262. The maximum Gasteiger partial charge on any atom is 0.251 e. The molecule has 0 aliphatic heterocycles. The van der Waals surface area contributed by atoms with Crippen molar-refractivity contribution >= 4 is 39.9 Å². The molecule has 7 nitrogen and oxygen atoms in total. The van der Waals surface area contributed by atoms with E-state index in [0.717, 1.165) is 19.6 Å². The number of hydrogen-bond acceptors (Lipinski definition) is 4. The van der Waals surface area contributed by atoms with Gasteiger partial charge in [0.15, 0.2) is 0 Å². The minimum atomic E-state index is -0.262. The van der Waals surface area contributed by atoms with Gasteiger partial charge in [-0.3, -0.25) is 4.79 Å². The number of benzene rings is 1. The van der Waals surface area contributed by atoms with Gasteiger partial charge in [-0.15, -0.1) is 0 Å². The quantitative estimate of drug-likeness (QED) is 0.241. The number of nitrogens with zero attached hydrogens (tertiary/aromatic N) is 4. The van der Waals surface area contributed by atoms with Gasteiger partial charge in [-0.25, -0.2) is 0 Å². The number of halogens is 1. The number of nitrogen functional groups attached to an aromatic ring is 1. The largest absolute Gasteiger partial charge is 0.398 e. The van der Waals surface area contributed by atoms with Crippen LogP contribution in [0.25, 0.3) is 10.4 Å². The normalized spacial score (nSPS) is 10.3. The number of carbonyl (C=O) groups excluding carboxylic acids is 1. The third kappa shape index (κ3) is 4.76. The summed E-state index contributed by atoms with van der Waals surface area (Å²) in [5, 5.41) is 6.42. The lowest BCUT2D eigenvalue weighted by Crippen LogP contribution is -2.34. The molecule has 0 atom stereocenters. The van der Waals surface area contributed by atoms with Gasteiger partial charge < -0.3 is 16.0 Å². The first-order valence-corrected chi connectivity index (χ1v) is 7.76. The van der Waals surface area contributed by atoms with Crippen LogP contribution in [0.2, 0.25) is 0 Å². The Hall–Kier alpha value is -1.51. The highest BCUT2D eigenvalue weighted by molar-refractivity contribution is 14.1. The van der Waals surface area contributed by atoms with Crippen LogP contribution in [-0.4, -0.2) is 37.0 Å². The van der Waals surface area contributed by atoms with E-state index >= 15 is 0 Å². The predicted octanol–water partition coefficient (Wildman–Crippen LogP) is 2.89. The second kappa shape index (κ2) is 8.71. The zero-order valence-electron chi connectivity index (χ0n) is 12.1. The summed E-state index contributed by atoms with van der Waals surface area (Å²) in [6.07, 6.45) is 0. The molecule has 1 aromatic carbocycles. The molecule has 21 heavy (non-hydrogen) atoms. The SMILES string of the molecule is CCN(CC)CCNC(=O)c1ccc(N)c(I)c1N=[N+]=[N-]. The minimum Gasteiger partial charge on any atom is -0.398 e. The Kier molecular flexibility index (Phi) is 7.27. The lowest BCUT2D eigenvalue weighted by molar-refractivity contribution is 0.0949. The predicted molar refractivity (Wildman–Crippen MR) is 92.5 cm³/mol. The van der Waals surface area contributed by atoms with Gasteiger partial charge in [-0.1, -0.05) is 19.0 Å². The average Bonchev–Trinajstić information content (AvgIpc) is 2.48. The molecule has 0 fully saturated rings. The van der Waals surface area contributed by atoms with E-state index in [1.807, 2.05) is 22.6 Å². The minimum absolute atomic E-state index is 0.262. The van der Waals surface area contributed by atoms with E-state index < -0.39 is 0 Å². The molecule has 0 aliphatic rings. The van der Waals surface area contributed by atoms with Crippen molar-refractivity contribution in [1.29, 1.82) is 0 Å². The number of nitrogens with two attached hydrogens (primary N) is 1. The van der Waals surface area contributed by atoms with Gasteiger partial charge in [-0.05, 0) is 53.3 Å². The van der Waals surface area contributed by atoms with Crippen LogP contribution in [0.1, 0.15) is 24.2 Å². The molecule has 0 radical (unpaired) electrons. The zero-order chi connectivity index (χ0) is 15.8. The van der Waals surface area contributed by atoms with Gasteiger partial charge in [0.25, 0.3) is 5.91 Å². The van der Waals surface area contributed by atoms with Gasteiger partial charge in [0.2, 0.25) is 0 Å². The number of nitrogens with one attached hydrogen (secondary N) is 1. The standard InChI is InChI=1S/C13H19IN6O/c1-3-20(4-2)8-7-17-13(21)9-5-6-10(15)11(14)12(9)18-19-16/h5-6H,3-4,7-8,15H2,1-2H3,(H,17,21). The molecule has 1 aromatic rings. The van der Waals surface area contributed by atoms with Gasteiger partial charge in [0, 0.05) is 27.3 Å². The third-order valence-electron chi connectivity index (χ3n) is 3.14. The van der Waals surface area contributed by atoms with Crippen LogP contribution < -0.4 is 11.1 Å². The van der Waals surface area contributed by atoms with Gasteiger partial charge in [0.05, 0.1) is 11.3 Å². The Morgan fingerprint density at radius 1 is 1.48 bits per heavy atom. The molecule has 0 aliphatic carbocycles. The second-order valence-corrected chi connectivity index (χ2v) is 5.42. The second-order valence-electron chi connectivity index (χ2n) is 4.34. The van der Waals surface area contributed by atoms with E-state index in [-0.39, 0.29) is 11.6 Å². The third-order valence-corrected chi connectivity index (χ3v) is 4.28. The summed E-state index contributed by atoms with van der Waals surface area (Å²) in [6, 6.07) is 3.21. The van der Waals surface area contributed by atoms with E-state index in [1.54, 1.807) is 12.1 Å². The number of hydrogen-bond donors (Lipinski definition) is 2. The molecule has 0 unspecified atom stereocenters. The first-order chi connectivity index (χ1) is 10.0. The topological polar surface area (TPSA) is 107 Å². The molecular formula is C13H19IN6O. The highest BCUT2D eigenvalue weighted by Gasteiger charge is 2.14. The Balaban J connectivity index is 2.83. The lowest BCUT2D eigenvalue weighted by atomic mass is 10.1. The highest BCUT2D eigenvalue weighted by atomic mass is 127. The van der Waals surface area contributed by atoms with Crippen molar-refractivity contribution in [2.45, 2.75) is 13.8 Å². The summed E-state index contributed by atoms with van der Waals surface area (Å²) >= 11 is 1.97. The maximum atomic E-state index is 12.2. The molecule has 0 aromatic heterocycles. The monoisotopic (exact) mass is 402 g/mol. The molecule has 0 spiro atoms. The number of carbonyl (C=O) groups is 1. The fraction of sp³-hybridized carbons (Fsp3) is 0.462. The summed E-state index contributed by atoms with van der Waals surface area (Å²) in [4.78, 5) is 17.2. The molecule has 0 saturated carbocycles. The fourth-order valence-electron chi connectivity index (χ4n) is 1.87. The van der Waals surface area contributed by atoms with Gasteiger partial charge >= 0.3 is 0 Å². The van der Waals surface area contributed by atoms with Crippen LogP contribution >= 0.6 is 22.6 Å². The molecule has 0 saturated heterocycles. The van der Waals surface area contributed by atoms with Crippen molar-refractivity contribution < 1.29 is 4.79 Å². The van der Waals surface area contributed by atoms with Crippen molar-refractivity contribution in [1.82, 2.24) is 10.2 Å². The van der Waals surface area contributed by atoms with E-state index in [0.29, 0.717) is 21.4 Å². The van der Waals surface area contributed by atoms with Crippen LogP contribution in [0.4, 0.5) is 11.4 Å². The van der Waals surface area contributed by atoms with Crippen LogP contribution in [0.5, 0.6) is 0 Å². The number of azide groups is 1. The van der Waals surface area contributed by atoms with Crippen molar-refractivity contribution in [3.05, 3.63) is 31.7 Å². The van der Waals surface area contributed by atoms with Gasteiger partial charge in [-0.2, -0.15) is 0 Å². The highest BCUT2D eigenvalue weighted by Crippen LogP contribution is 2.31. The summed E-state index contributed by atoms with van der Waals surface area (Å²) in [6.45, 7) is 7.35. The molecule has 1 rings (SSSR count). The summed E-state index contributed by atoms with van der Waals surface area (Å²) in [7, 11) is 0. The molecule has 0 heterocycles. The molecule has 1 amide bonds. The first-order valence-electron chi connectivity index (χ1n) is 6.68. The van der Waals surface area contributed by atoms with Crippen molar-refractivity contribution in [2.75, 3.05) is 31.9 Å². The maximum absolute atomic E-state index is 12.2. The van der Waals surface area contributed by atoms with E-state index in [1.165, 1.54) is 0 Å². The summed E-state index contributed by atoms with van der Waals surface area (Å²) < 4.78 is 0.585. The Labute approximate surface area is 137 Å². The van der Waals surface area contributed by atoms with Crippen molar-refractivity contribution in [2.24, 2.45) is 5.11 Å². The molecule has 114 valence electrons. The van der Waals surface area contributed by atoms with Crippen LogP contribution in [0.15, 0.2) is 17.2 Å². The van der Waals surface area contributed by atoms with E-state index in [2.05, 4.69) is 34.1 Å². The van der Waals surface area contributed by atoms with Crippen LogP contribution in [0.3, 0.4) is 0 Å². The lowest BCUT2D eigenvalue weighted by Gasteiger charge is -2.18. The van der Waals surface area contributed by atoms with Gasteiger partial charge in [0.1, 0.15) is 0 Å². The van der Waals surface area contributed by atoms with E-state index in [9.17, 15) is 4.79 Å². The first kappa shape index (κ1) is 17.5. The van der Waals surface area contributed by atoms with Crippen LogP contribution in [-0.2, 0) is 0 Å². The number of anilines is 1. The Bertz CT molecular complexity index is 552. The molecular weight excluding hydrogens is 383 g/mol. The number of rotatable bonds is 7. The zero-order valence-corrected chi connectivity index (χ0v) is 14.3. The Morgan fingerprint density at radius 3 is 2.71 bits per heavy atom. The van der Waals surface area contributed by atoms with E-state index in [4.69, 9.17) is 11.3 Å². The number of likely N-dealkylation sites (N-methyl/N-ethyl adjacent to an activating group) is 1. The smallest absolute Gasteiger partial charge is 0.251 e. The molecule has 8 heteroatoms. The molecule has 0 bridgehead atoms. The van der Waals surface area contributed by atoms with Crippen LogP contribution in [0, 0.1) is 3.57 Å². The Morgan fingerprint density at radius 2 is 2.14 bits per heavy atom. The molecule has 3 N–H and O–H groups in total. The summed E-state index contributed by atoms with van der Waals surface area (Å²) in [5.41, 5.74) is 15.5. The number of amides is 1.